The van der Waals surface area contributed by atoms with E-state index in [0.29, 0.717) is 5.56 Å². The van der Waals surface area contributed by atoms with Gasteiger partial charge in [0, 0.05) is 0 Å². The minimum absolute atomic E-state index is 0.120. The quantitative estimate of drug-likeness (QED) is 0.870. The standard InChI is InChI=1S/C17H20N2O4/c1-17(2,3)23-16(22)19-14(15(20)21)6-4-5-12-7-9-13(11-18)10-8-12/h4-5,7-10,14H,6H2,1-3H3,(H,19,22)(H,20,21). The third kappa shape index (κ3) is 7.14. The van der Waals surface area contributed by atoms with Crippen LogP contribution < -0.4 is 5.32 Å². The van der Waals surface area contributed by atoms with E-state index in [4.69, 9.17) is 15.1 Å². The molecule has 1 amide bonds. The molecule has 0 spiro atoms. The van der Waals surface area contributed by atoms with E-state index in [1.165, 1.54) is 0 Å². The molecular formula is C17H20N2O4. The van der Waals surface area contributed by atoms with Gasteiger partial charge in [0.2, 0.25) is 0 Å². The summed E-state index contributed by atoms with van der Waals surface area (Å²) in [7, 11) is 0. The van der Waals surface area contributed by atoms with Crippen LogP contribution >= 0.6 is 0 Å². The summed E-state index contributed by atoms with van der Waals surface area (Å²) in [5.74, 6) is -1.14. The number of benzene rings is 1. The molecule has 0 radical (unpaired) electrons. The summed E-state index contributed by atoms with van der Waals surface area (Å²) in [6.45, 7) is 5.10. The van der Waals surface area contributed by atoms with Crippen molar-refractivity contribution >= 4 is 18.1 Å². The molecule has 0 aromatic heterocycles. The van der Waals surface area contributed by atoms with Crippen LogP contribution in [0.15, 0.2) is 30.3 Å². The number of hydrogen-bond acceptors (Lipinski definition) is 4. The van der Waals surface area contributed by atoms with Crippen molar-refractivity contribution in [2.24, 2.45) is 0 Å². The van der Waals surface area contributed by atoms with Crippen LogP contribution in [0.1, 0.15) is 38.3 Å². The second-order valence-corrected chi connectivity index (χ2v) is 5.91. The molecule has 2 N–H and O–H groups in total. The van der Waals surface area contributed by atoms with Crippen LogP contribution in [0, 0.1) is 11.3 Å². The van der Waals surface area contributed by atoms with Gasteiger partial charge in [0.15, 0.2) is 0 Å². The Kier molecular flexibility index (Phi) is 6.34. The number of nitrogens with zero attached hydrogens (tertiary/aromatic N) is 1. The third-order valence-corrected chi connectivity index (χ3v) is 2.71. The van der Waals surface area contributed by atoms with Gasteiger partial charge in [-0.1, -0.05) is 24.3 Å². The van der Waals surface area contributed by atoms with Crippen LogP contribution in [0.25, 0.3) is 6.08 Å². The first-order valence-electron chi connectivity index (χ1n) is 7.10. The SMILES string of the molecule is CC(C)(C)OC(=O)NC(CC=Cc1ccc(C#N)cc1)C(=O)O. The minimum Gasteiger partial charge on any atom is -0.480 e. The lowest BCUT2D eigenvalue weighted by Gasteiger charge is -2.21. The van der Waals surface area contributed by atoms with E-state index in [1.54, 1.807) is 57.2 Å². The second kappa shape index (κ2) is 7.99. The summed E-state index contributed by atoms with van der Waals surface area (Å²) in [6.07, 6.45) is 2.73. The Balaban J connectivity index is 2.62. The molecule has 122 valence electrons. The van der Waals surface area contributed by atoms with Crippen LogP contribution in [0.4, 0.5) is 4.79 Å². The first kappa shape index (κ1) is 18.2. The number of carbonyl (C=O) groups is 2. The third-order valence-electron chi connectivity index (χ3n) is 2.71. The number of carbonyl (C=O) groups excluding carboxylic acids is 1. The zero-order chi connectivity index (χ0) is 17.5. The van der Waals surface area contributed by atoms with Crippen molar-refractivity contribution < 1.29 is 19.4 Å². The topological polar surface area (TPSA) is 99.4 Å². The number of amides is 1. The molecule has 0 aliphatic carbocycles. The fourth-order valence-electron chi connectivity index (χ4n) is 1.68. The van der Waals surface area contributed by atoms with Crippen LogP contribution in [0.3, 0.4) is 0 Å². The highest BCUT2D eigenvalue weighted by atomic mass is 16.6. The molecule has 0 saturated heterocycles. The van der Waals surface area contributed by atoms with Crippen molar-refractivity contribution in [1.29, 1.82) is 5.26 Å². The van der Waals surface area contributed by atoms with Gasteiger partial charge in [-0.05, 0) is 44.9 Å². The summed E-state index contributed by atoms with van der Waals surface area (Å²) >= 11 is 0. The van der Waals surface area contributed by atoms with Gasteiger partial charge in [-0.15, -0.1) is 0 Å². The molecule has 1 atom stereocenters. The fraction of sp³-hybridized carbons (Fsp3) is 0.353. The van der Waals surface area contributed by atoms with Gasteiger partial charge in [0.1, 0.15) is 11.6 Å². The molecule has 0 aliphatic rings. The molecular weight excluding hydrogens is 296 g/mol. The molecule has 23 heavy (non-hydrogen) atoms. The number of rotatable bonds is 5. The van der Waals surface area contributed by atoms with E-state index in [9.17, 15) is 9.59 Å². The Labute approximate surface area is 135 Å². The Morgan fingerprint density at radius 2 is 1.96 bits per heavy atom. The summed E-state index contributed by atoms with van der Waals surface area (Å²) in [6, 6.07) is 7.81. The van der Waals surface area contributed by atoms with Gasteiger partial charge in [0.25, 0.3) is 0 Å². The lowest BCUT2D eigenvalue weighted by molar-refractivity contribution is -0.139. The number of aliphatic carboxylic acids is 1. The Morgan fingerprint density at radius 1 is 1.35 bits per heavy atom. The van der Waals surface area contributed by atoms with E-state index in [1.807, 2.05) is 6.07 Å². The van der Waals surface area contributed by atoms with Crippen LogP contribution in [0.2, 0.25) is 0 Å². The summed E-state index contributed by atoms with van der Waals surface area (Å²) < 4.78 is 5.04. The number of carboxylic acid groups (broad SMARTS) is 1. The average Bonchev–Trinajstić information content (AvgIpc) is 2.44. The first-order valence-corrected chi connectivity index (χ1v) is 7.10. The Hall–Kier alpha value is -2.81. The first-order chi connectivity index (χ1) is 10.7. The highest BCUT2D eigenvalue weighted by molar-refractivity contribution is 5.80. The predicted octanol–water partition coefficient (Wildman–Crippen LogP) is 2.94. The van der Waals surface area contributed by atoms with E-state index >= 15 is 0 Å². The highest BCUT2D eigenvalue weighted by Gasteiger charge is 2.22. The molecule has 6 heteroatoms. The normalized spacial score (nSPS) is 12.4. The van der Waals surface area contributed by atoms with E-state index in [0.717, 1.165) is 5.56 Å². The summed E-state index contributed by atoms with van der Waals surface area (Å²) in [5, 5.41) is 20.2. The molecule has 0 bridgehead atoms. The number of carboxylic acids is 1. The van der Waals surface area contributed by atoms with Crippen LogP contribution in [-0.2, 0) is 9.53 Å². The molecule has 1 aromatic rings. The van der Waals surface area contributed by atoms with Crippen molar-refractivity contribution in [3.63, 3.8) is 0 Å². The predicted molar refractivity (Wildman–Crippen MR) is 85.6 cm³/mol. The second-order valence-electron chi connectivity index (χ2n) is 5.91. The molecule has 1 unspecified atom stereocenters. The number of nitrogens with one attached hydrogen (secondary N) is 1. The minimum atomic E-state index is -1.14. The van der Waals surface area contributed by atoms with Gasteiger partial charge in [0.05, 0.1) is 11.6 Å². The van der Waals surface area contributed by atoms with E-state index in [-0.39, 0.29) is 6.42 Å². The molecule has 0 saturated carbocycles. The molecule has 0 fully saturated rings. The number of hydrogen-bond donors (Lipinski definition) is 2. The maximum atomic E-state index is 11.6. The zero-order valence-electron chi connectivity index (χ0n) is 13.4. The Morgan fingerprint density at radius 3 is 2.43 bits per heavy atom. The van der Waals surface area contributed by atoms with Gasteiger partial charge >= 0.3 is 12.1 Å². The van der Waals surface area contributed by atoms with Gasteiger partial charge in [-0.3, -0.25) is 0 Å². The van der Waals surface area contributed by atoms with Gasteiger partial charge < -0.3 is 15.2 Å². The molecule has 1 rings (SSSR count). The molecule has 0 aliphatic heterocycles. The lowest BCUT2D eigenvalue weighted by Crippen LogP contribution is -2.43. The lowest BCUT2D eigenvalue weighted by atomic mass is 10.1. The maximum Gasteiger partial charge on any atom is 0.408 e. The molecule has 0 heterocycles. The van der Waals surface area contributed by atoms with Gasteiger partial charge in [-0.25, -0.2) is 9.59 Å². The largest absolute Gasteiger partial charge is 0.480 e. The number of nitriles is 1. The Bertz CT molecular complexity index is 621. The maximum absolute atomic E-state index is 11.6. The number of alkyl carbamates (subject to hydrolysis) is 1. The molecule has 1 aromatic carbocycles. The smallest absolute Gasteiger partial charge is 0.408 e. The van der Waals surface area contributed by atoms with Gasteiger partial charge in [-0.2, -0.15) is 5.26 Å². The fourth-order valence-corrected chi connectivity index (χ4v) is 1.68. The van der Waals surface area contributed by atoms with Crippen molar-refractivity contribution in [3.8, 4) is 6.07 Å². The monoisotopic (exact) mass is 316 g/mol. The van der Waals surface area contributed by atoms with Crippen molar-refractivity contribution in [2.45, 2.75) is 38.8 Å². The molecule has 6 nitrogen and oxygen atoms in total. The van der Waals surface area contributed by atoms with Crippen molar-refractivity contribution in [1.82, 2.24) is 5.32 Å². The average molecular weight is 316 g/mol. The van der Waals surface area contributed by atoms with Crippen LogP contribution in [-0.4, -0.2) is 28.8 Å². The summed E-state index contributed by atoms with van der Waals surface area (Å²) in [4.78, 5) is 22.8. The van der Waals surface area contributed by atoms with Crippen molar-refractivity contribution in [2.75, 3.05) is 0 Å². The highest BCUT2D eigenvalue weighted by Crippen LogP contribution is 2.09. The van der Waals surface area contributed by atoms with Crippen molar-refractivity contribution in [3.05, 3.63) is 41.5 Å². The van der Waals surface area contributed by atoms with Crippen LogP contribution in [0.5, 0.6) is 0 Å². The summed E-state index contributed by atoms with van der Waals surface area (Å²) in [5.41, 5.74) is 0.702. The zero-order valence-corrected chi connectivity index (χ0v) is 13.4. The number of ether oxygens (including phenoxy) is 1. The van der Waals surface area contributed by atoms with E-state index in [2.05, 4.69) is 5.32 Å². The van der Waals surface area contributed by atoms with E-state index < -0.39 is 23.7 Å².